The van der Waals surface area contributed by atoms with Gasteiger partial charge in [0.15, 0.2) is 0 Å². The van der Waals surface area contributed by atoms with Crippen molar-refractivity contribution >= 4 is 0 Å². The molecule has 0 aliphatic heterocycles. The van der Waals surface area contributed by atoms with Crippen molar-refractivity contribution in [3.8, 4) is 0 Å². The molecule has 1 aliphatic carbocycles. The minimum atomic E-state index is 0.963. The van der Waals surface area contributed by atoms with Crippen LogP contribution in [0.1, 0.15) is 49.7 Å². The average molecular weight is 232 g/mol. The summed E-state index contributed by atoms with van der Waals surface area (Å²) in [4.78, 5) is 4.17. The topological polar surface area (TPSA) is 24.9 Å². The van der Waals surface area contributed by atoms with Crippen LogP contribution in [0.2, 0.25) is 0 Å². The fourth-order valence-electron chi connectivity index (χ4n) is 2.72. The van der Waals surface area contributed by atoms with Crippen LogP contribution < -0.4 is 5.32 Å². The van der Waals surface area contributed by atoms with Gasteiger partial charge in [0, 0.05) is 18.9 Å². The molecule has 1 aliphatic rings. The summed E-state index contributed by atoms with van der Waals surface area (Å²) >= 11 is 0. The predicted octanol–water partition coefficient (Wildman–Crippen LogP) is 3.45. The van der Waals surface area contributed by atoms with Gasteiger partial charge in [0.2, 0.25) is 0 Å². The lowest BCUT2D eigenvalue weighted by molar-refractivity contribution is 0.470. The van der Waals surface area contributed by atoms with E-state index in [1.807, 2.05) is 12.4 Å². The summed E-state index contributed by atoms with van der Waals surface area (Å²) in [5.41, 5.74) is 2.66. The van der Waals surface area contributed by atoms with Crippen molar-refractivity contribution in [2.45, 2.75) is 52.0 Å². The highest BCUT2D eigenvalue weighted by Gasteiger charge is 2.13. The minimum Gasteiger partial charge on any atom is -0.313 e. The highest BCUT2D eigenvalue weighted by atomic mass is 14.8. The van der Waals surface area contributed by atoms with Gasteiger partial charge >= 0.3 is 0 Å². The molecule has 0 unspecified atom stereocenters. The highest BCUT2D eigenvalue weighted by Crippen LogP contribution is 2.28. The molecule has 1 aromatic heterocycles. The fraction of sp³-hybridized carbons (Fsp3) is 0.667. The van der Waals surface area contributed by atoms with Crippen molar-refractivity contribution in [3.05, 3.63) is 29.6 Å². The Balaban J connectivity index is 1.58. The summed E-state index contributed by atoms with van der Waals surface area (Å²) < 4.78 is 0. The molecule has 0 spiro atoms. The first kappa shape index (κ1) is 12.6. The fourth-order valence-corrected chi connectivity index (χ4v) is 2.72. The Morgan fingerprint density at radius 3 is 2.94 bits per heavy atom. The van der Waals surface area contributed by atoms with E-state index in [1.165, 1.54) is 49.7 Å². The van der Waals surface area contributed by atoms with Crippen molar-refractivity contribution in [2.24, 2.45) is 5.92 Å². The molecule has 1 aromatic rings. The molecule has 1 N–H and O–H groups in total. The Hall–Kier alpha value is -0.890. The quantitative estimate of drug-likeness (QED) is 0.760. The largest absolute Gasteiger partial charge is 0.313 e. The smallest absolute Gasteiger partial charge is 0.0315 e. The maximum atomic E-state index is 4.17. The summed E-state index contributed by atoms with van der Waals surface area (Å²) in [6.07, 6.45) is 12.4. The van der Waals surface area contributed by atoms with E-state index in [-0.39, 0.29) is 0 Å². The van der Waals surface area contributed by atoms with Crippen LogP contribution >= 0.6 is 0 Å². The van der Waals surface area contributed by atoms with Crippen molar-refractivity contribution < 1.29 is 0 Å². The third-order valence-corrected chi connectivity index (χ3v) is 3.90. The third-order valence-electron chi connectivity index (χ3n) is 3.90. The minimum absolute atomic E-state index is 0.963. The normalized spacial score (nSPS) is 16.5. The molecule has 0 bridgehead atoms. The van der Waals surface area contributed by atoms with Gasteiger partial charge in [-0.3, -0.25) is 4.98 Å². The van der Waals surface area contributed by atoms with E-state index in [1.54, 1.807) is 0 Å². The maximum Gasteiger partial charge on any atom is 0.0315 e. The van der Waals surface area contributed by atoms with E-state index < -0.39 is 0 Å². The molecule has 0 aromatic carbocycles. The molecule has 1 saturated carbocycles. The van der Waals surface area contributed by atoms with Gasteiger partial charge in [0.25, 0.3) is 0 Å². The molecule has 94 valence electrons. The summed E-state index contributed by atoms with van der Waals surface area (Å²) in [5.74, 6) is 1.02. The molecular weight excluding hydrogens is 208 g/mol. The molecule has 1 fully saturated rings. The van der Waals surface area contributed by atoms with E-state index in [4.69, 9.17) is 0 Å². The molecular formula is C15H24N2. The zero-order valence-corrected chi connectivity index (χ0v) is 10.9. The first-order valence-corrected chi connectivity index (χ1v) is 6.96. The van der Waals surface area contributed by atoms with Crippen LogP contribution in [0.15, 0.2) is 18.5 Å². The van der Waals surface area contributed by atoms with Crippen LogP contribution in [0.4, 0.5) is 0 Å². The van der Waals surface area contributed by atoms with Crippen LogP contribution in [0.5, 0.6) is 0 Å². The number of aromatic nitrogens is 1. The maximum absolute atomic E-state index is 4.17. The second kappa shape index (κ2) is 6.75. The Morgan fingerprint density at radius 1 is 1.35 bits per heavy atom. The zero-order valence-electron chi connectivity index (χ0n) is 10.9. The molecule has 2 heteroatoms. The lowest BCUT2D eigenvalue weighted by Gasteiger charge is -2.10. The van der Waals surface area contributed by atoms with E-state index in [2.05, 4.69) is 23.3 Å². The van der Waals surface area contributed by atoms with Gasteiger partial charge in [-0.2, -0.15) is 0 Å². The summed E-state index contributed by atoms with van der Waals surface area (Å²) in [7, 11) is 0. The van der Waals surface area contributed by atoms with Crippen molar-refractivity contribution in [2.75, 3.05) is 6.54 Å². The standard InChI is InChI=1S/C15H24N2/c1-13-8-10-17-12-15(13)11-16-9-4-7-14-5-2-3-6-14/h8,10,12,14,16H,2-7,9,11H2,1H3. The first-order valence-electron chi connectivity index (χ1n) is 6.96. The number of hydrogen-bond donors (Lipinski definition) is 1. The summed E-state index contributed by atoms with van der Waals surface area (Å²) in [5, 5.41) is 3.53. The number of aryl methyl sites for hydroxylation is 1. The van der Waals surface area contributed by atoms with E-state index in [9.17, 15) is 0 Å². The van der Waals surface area contributed by atoms with Gasteiger partial charge in [-0.25, -0.2) is 0 Å². The van der Waals surface area contributed by atoms with Gasteiger partial charge in [0.1, 0.15) is 0 Å². The highest BCUT2D eigenvalue weighted by molar-refractivity contribution is 5.20. The predicted molar refractivity (Wildman–Crippen MR) is 71.9 cm³/mol. The lowest BCUT2D eigenvalue weighted by Crippen LogP contribution is -2.16. The molecule has 0 radical (unpaired) electrons. The van der Waals surface area contributed by atoms with Crippen molar-refractivity contribution in [3.63, 3.8) is 0 Å². The number of nitrogens with one attached hydrogen (secondary N) is 1. The van der Waals surface area contributed by atoms with Crippen molar-refractivity contribution in [1.82, 2.24) is 10.3 Å². The van der Waals surface area contributed by atoms with E-state index in [0.717, 1.165) is 19.0 Å². The number of rotatable bonds is 6. The van der Waals surface area contributed by atoms with E-state index in [0.29, 0.717) is 0 Å². The molecule has 2 nitrogen and oxygen atoms in total. The Morgan fingerprint density at radius 2 is 2.18 bits per heavy atom. The monoisotopic (exact) mass is 232 g/mol. The summed E-state index contributed by atoms with van der Waals surface area (Å²) in [6, 6.07) is 2.08. The van der Waals surface area contributed by atoms with Crippen LogP contribution in [0.25, 0.3) is 0 Å². The molecule has 2 rings (SSSR count). The molecule has 0 amide bonds. The van der Waals surface area contributed by atoms with Crippen LogP contribution in [-0.2, 0) is 6.54 Å². The van der Waals surface area contributed by atoms with Crippen LogP contribution in [0, 0.1) is 12.8 Å². The van der Waals surface area contributed by atoms with Crippen molar-refractivity contribution in [1.29, 1.82) is 0 Å². The lowest BCUT2D eigenvalue weighted by atomic mass is 10.0. The Kier molecular flexibility index (Phi) is 4.99. The van der Waals surface area contributed by atoms with E-state index >= 15 is 0 Å². The second-order valence-electron chi connectivity index (χ2n) is 5.27. The number of hydrogen-bond acceptors (Lipinski definition) is 2. The second-order valence-corrected chi connectivity index (χ2v) is 5.27. The molecule has 17 heavy (non-hydrogen) atoms. The van der Waals surface area contributed by atoms with Gasteiger partial charge in [0.05, 0.1) is 0 Å². The van der Waals surface area contributed by atoms with Crippen LogP contribution in [0.3, 0.4) is 0 Å². The van der Waals surface area contributed by atoms with Gasteiger partial charge in [-0.05, 0) is 49.4 Å². The number of nitrogens with zero attached hydrogens (tertiary/aromatic N) is 1. The van der Waals surface area contributed by atoms with Crippen LogP contribution in [-0.4, -0.2) is 11.5 Å². The summed E-state index contributed by atoms with van der Waals surface area (Å²) in [6.45, 7) is 4.26. The number of pyridine rings is 1. The van der Waals surface area contributed by atoms with Gasteiger partial charge in [-0.1, -0.05) is 25.7 Å². The Labute approximate surface area is 105 Å². The average Bonchev–Trinajstić information content (AvgIpc) is 2.84. The third kappa shape index (κ3) is 4.12. The zero-order chi connectivity index (χ0) is 11.9. The SMILES string of the molecule is Cc1ccncc1CNCCCC1CCCC1. The molecule has 1 heterocycles. The van der Waals surface area contributed by atoms with Gasteiger partial charge in [-0.15, -0.1) is 0 Å². The van der Waals surface area contributed by atoms with Gasteiger partial charge < -0.3 is 5.32 Å². The Bertz CT molecular complexity index is 329. The molecule has 0 saturated heterocycles. The first-order chi connectivity index (χ1) is 8.36. The molecule has 0 atom stereocenters.